The zero-order valence-corrected chi connectivity index (χ0v) is 54.3. The normalized spacial score (nSPS) is 12.4. The van der Waals surface area contributed by atoms with Gasteiger partial charge >= 0.3 is 17.9 Å². The van der Waals surface area contributed by atoms with E-state index in [0.717, 1.165) is 70.6 Å². The first-order chi connectivity index (χ1) is 40.0. The molecule has 0 bridgehead atoms. The summed E-state index contributed by atoms with van der Waals surface area (Å²) in [6.07, 6.45) is 90.3. The topological polar surface area (TPSA) is 78.9 Å². The van der Waals surface area contributed by atoms with Crippen LogP contribution < -0.4 is 0 Å². The van der Waals surface area contributed by atoms with Crippen molar-refractivity contribution in [3.05, 3.63) is 60.8 Å². The molecule has 6 heteroatoms. The Morgan fingerprint density at radius 2 is 0.469 bits per heavy atom. The first-order valence-electron chi connectivity index (χ1n) is 35.8. The van der Waals surface area contributed by atoms with E-state index in [1.54, 1.807) is 6.08 Å². The van der Waals surface area contributed by atoms with Crippen LogP contribution in [0.2, 0.25) is 0 Å². The van der Waals surface area contributed by atoms with E-state index >= 15 is 0 Å². The molecule has 6 nitrogen and oxygen atoms in total. The zero-order valence-electron chi connectivity index (χ0n) is 54.3. The van der Waals surface area contributed by atoms with Crippen LogP contribution >= 0.6 is 0 Å². The van der Waals surface area contributed by atoms with Crippen molar-refractivity contribution in [2.75, 3.05) is 13.2 Å². The van der Waals surface area contributed by atoms with Gasteiger partial charge in [-0.25, -0.2) is 0 Å². The highest BCUT2D eigenvalue weighted by atomic mass is 16.6. The van der Waals surface area contributed by atoms with Crippen LogP contribution in [-0.2, 0) is 28.6 Å². The molecule has 0 radical (unpaired) electrons. The summed E-state index contributed by atoms with van der Waals surface area (Å²) in [4.78, 5) is 38.2. The second kappa shape index (κ2) is 69.6. The quantitative estimate of drug-likeness (QED) is 0.0261. The lowest BCUT2D eigenvalue weighted by atomic mass is 10.0. The lowest BCUT2D eigenvalue weighted by molar-refractivity contribution is -0.166. The summed E-state index contributed by atoms with van der Waals surface area (Å²) in [5, 5.41) is 0. The lowest BCUT2D eigenvalue weighted by Crippen LogP contribution is -2.30. The molecule has 0 heterocycles. The van der Waals surface area contributed by atoms with E-state index in [9.17, 15) is 14.4 Å². The summed E-state index contributed by atoms with van der Waals surface area (Å²) < 4.78 is 16.8. The van der Waals surface area contributed by atoms with E-state index in [4.69, 9.17) is 14.2 Å². The highest BCUT2D eigenvalue weighted by Gasteiger charge is 2.19. The van der Waals surface area contributed by atoms with E-state index < -0.39 is 12.1 Å². The number of carbonyl (C=O) groups is 3. The minimum atomic E-state index is -0.826. The first kappa shape index (κ1) is 78.1. The minimum absolute atomic E-state index is 0.102. The fourth-order valence-electron chi connectivity index (χ4n) is 10.8. The molecule has 1 atom stereocenters. The molecular formula is C75H136O6. The molecule has 0 rings (SSSR count). The molecule has 0 aromatic heterocycles. The van der Waals surface area contributed by atoms with Gasteiger partial charge in [-0.05, 0) is 44.9 Å². The SMILES string of the molecule is CC/C=C\C/C=C\C/C=C\C/C=C\C/C=C\CC(=O)OC(COC(=O)CCCCCCCCCCCCCCC)COC(=O)CCCCCCCCCCCCCCCCCCCCCCCCCCCCCCCCCCCCC. The van der Waals surface area contributed by atoms with Gasteiger partial charge in [-0.2, -0.15) is 0 Å². The van der Waals surface area contributed by atoms with Crippen LogP contribution in [0, 0.1) is 0 Å². The third-order valence-corrected chi connectivity index (χ3v) is 16.1. The molecule has 0 fully saturated rings. The highest BCUT2D eigenvalue weighted by molar-refractivity contribution is 5.72. The van der Waals surface area contributed by atoms with Crippen LogP contribution in [0.25, 0.3) is 0 Å². The molecule has 81 heavy (non-hydrogen) atoms. The third-order valence-electron chi connectivity index (χ3n) is 16.1. The monoisotopic (exact) mass is 1130 g/mol. The molecule has 0 aromatic rings. The van der Waals surface area contributed by atoms with E-state index in [1.807, 2.05) is 6.08 Å². The zero-order chi connectivity index (χ0) is 58.5. The molecule has 0 aliphatic heterocycles. The summed E-state index contributed by atoms with van der Waals surface area (Å²) >= 11 is 0. The van der Waals surface area contributed by atoms with Crippen molar-refractivity contribution in [3.8, 4) is 0 Å². The van der Waals surface area contributed by atoms with Gasteiger partial charge in [0.05, 0.1) is 6.42 Å². The van der Waals surface area contributed by atoms with Crippen molar-refractivity contribution in [1.29, 1.82) is 0 Å². The van der Waals surface area contributed by atoms with Crippen LogP contribution in [0.15, 0.2) is 60.8 Å². The van der Waals surface area contributed by atoms with Gasteiger partial charge in [0.1, 0.15) is 13.2 Å². The molecule has 0 N–H and O–H groups in total. The molecule has 0 aromatic carbocycles. The summed E-state index contributed by atoms with van der Waals surface area (Å²) in [7, 11) is 0. The Hall–Kier alpha value is -2.89. The summed E-state index contributed by atoms with van der Waals surface area (Å²) in [6.45, 7) is 6.50. The Bertz CT molecular complexity index is 1440. The van der Waals surface area contributed by atoms with Crippen LogP contribution in [0.3, 0.4) is 0 Å². The van der Waals surface area contributed by atoms with Crippen molar-refractivity contribution in [2.45, 2.75) is 386 Å². The van der Waals surface area contributed by atoms with E-state index in [1.165, 1.54) is 270 Å². The van der Waals surface area contributed by atoms with Gasteiger partial charge in [0.2, 0.25) is 0 Å². The summed E-state index contributed by atoms with van der Waals surface area (Å²) in [6, 6.07) is 0. The molecule has 0 saturated heterocycles. The first-order valence-corrected chi connectivity index (χ1v) is 35.8. The second-order valence-electron chi connectivity index (χ2n) is 24.2. The van der Waals surface area contributed by atoms with Crippen molar-refractivity contribution >= 4 is 17.9 Å². The van der Waals surface area contributed by atoms with Gasteiger partial charge in [-0.15, -0.1) is 0 Å². The maximum absolute atomic E-state index is 12.8. The third kappa shape index (κ3) is 67.8. The maximum atomic E-state index is 12.8. The van der Waals surface area contributed by atoms with E-state index in [2.05, 4.69) is 69.4 Å². The van der Waals surface area contributed by atoms with Gasteiger partial charge in [-0.1, -0.05) is 377 Å². The molecule has 472 valence electrons. The predicted octanol–water partition coefficient (Wildman–Crippen LogP) is 24.7. The van der Waals surface area contributed by atoms with Crippen molar-refractivity contribution in [2.24, 2.45) is 0 Å². The van der Waals surface area contributed by atoms with Crippen LogP contribution in [-0.4, -0.2) is 37.2 Å². The van der Waals surface area contributed by atoms with Crippen LogP contribution in [0.5, 0.6) is 0 Å². The number of unbranched alkanes of at least 4 members (excludes halogenated alkanes) is 46. The number of hydrogen-bond acceptors (Lipinski definition) is 6. The number of esters is 3. The molecule has 0 spiro atoms. The van der Waals surface area contributed by atoms with Crippen LogP contribution in [0.4, 0.5) is 0 Å². The average Bonchev–Trinajstić information content (AvgIpc) is 3.46. The Balaban J connectivity index is 4.09. The van der Waals surface area contributed by atoms with E-state index in [0.29, 0.717) is 12.8 Å². The van der Waals surface area contributed by atoms with Gasteiger partial charge in [-0.3, -0.25) is 14.4 Å². The molecule has 0 aliphatic carbocycles. The molecule has 1 unspecified atom stereocenters. The average molecular weight is 1130 g/mol. The Morgan fingerprint density at radius 3 is 0.704 bits per heavy atom. The smallest absolute Gasteiger partial charge is 0.310 e. The highest BCUT2D eigenvalue weighted by Crippen LogP contribution is 2.19. The lowest BCUT2D eigenvalue weighted by Gasteiger charge is -2.18. The van der Waals surface area contributed by atoms with Crippen molar-refractivity contribution in [3.63, 3.8) is 0 Å². The van der Waals surface area contributed by atoms with Gasteiger partial charge in [0.25, 0.3) is 0 Å². The molecule has 0 amide bonds. The number of rotatable bonds is 66. The Morgan fingerprint density at radius 1 is 0.259 bits per heavy atom. The molecule has 0 aliphatic rings. The van der Waals surface area contributed by atoms with Crippen molar-refractivity contribution in [1.82, 2.24) is 0 Å². The largest absolute Gasteiger partial charge is 0.462 e. The summed E-state index contributed by atoms with van der Waals surface area (Å²) in [5.41, 5.74) is 0. The van der Waals surface area contributed by atoms with Crippen molar-refractivity contribution < 1.29 is 28.6 Å². The second-order valence-corrected chi connectivity index (χ2v) is 24.2. The number of allylic oxidation sites excluding steroid dienone is 9. The van der Waals surface area contributed by atoms with Gasteiger partial charge < -0.3 is 14.2 Å². The summed E-state index contributed by atoms with van der Waals surface area (Å²) in [5.74, 6) is -1.02. The number of hydrogen-bond donors (Lipinski definition) is 0. The van der Waals surface area contributed by atoms with Crippen LogP contribution in [0.1, 0.15) is 380 Å². The molecule has 0 saturated carbocycles. The fraction of sp³-hybridized carbons (Fsp3) is 0.827. The van der Waals surface area contributed by atoms with E-state index in [-0.39, 0.29) is 31.6 Å². The number of ether oxygens (including phenoxy) is 3. The predicted molar refractivity (Wildman–Crippen MR) is 353 cm³/mol. The van der Waals surface area contributed by atoms with Gasteiger partial charge in [0, 0.05) is 12.8 Å². The number of carbonyl (C=O) groups excluding carboxylic acids is 3. The molecular weight excluding hydrogens is 997 g/mol. The maximum Gasteiger partial charge on any atom is 0.310 e. The Labute approximate surface area is 504 Å². The standard InChI is InChI=1S/C75H136O6/c1-4-7-10-13-16-19-22-25-27-28-29-30-31-32-33-34-35-36-37-38-39-40-41-42-43-44-45-46-48-50-53-56-59-62-65-68-74(77)80-71-72(70-79-73(76)67-64-61-58-55-52-49-24-21-18-15-12-9-6-3)81-75(78)69-66-63-60-57-54-51-47-26-23-20-17-14-11-8-5-2/h8,11,17,20,26,47,54,57,63,66,72H,4-7,9-10,12-16,18-19,21-25,27-46,48-53,55-56,58-62,64-65,67-71H2,1-3H3/b11-8-,20-17-,47-26-,57-54-,66-63-. The fourth-order valence-corrected chi connectivity index (χ4v) is 10.8. The minimum Gasteiger partial charge on any atom is -0.462 e. The van der Waals surface area contributed by atoms with Gasteiger partial charge in [0.15, 0.2) is 6.10 Å². The Kier molecular flexibility index (Phi) is 67.1.